The molecule has 2 aromatic rings. The molecule has 1 N–H and O–H groups in total. The molecule has 0 aromatic carbocycles. The third-order valence-corrected chi connectivity index (χ3v) is 6.68. The van der Waals surface area contributed by atoms with Crippen LogP contribution in [-0.2, 0) is 6.18 Å². The summed E-state index contributed by atoms with van der Waals surface area (Å²) in [5.74, 6) is -0.659. The number of amides is 3. The molecule has 3 aliphatic rings. The van der Waals surface area contributed by atoms with Crippen LogP contribution in [0.4, 0.5) is 18.0 Å². The lowest BCUT2D eigenvalue weighted by atomic mass is 10.1. The van der Waals surface area contributed by atoms with Gasteiger partial charge in [-0.1, -0.05) is 24.4 Å². The fraction of sp³-hybridized carbons (Fsp3) is 0.550. The minimum absolute atomic E-state index is 0.0395. The molecule has 3 fully saturated rings. The van der Waals surface area contributed by atoms with E-state index in [0.29, 0.717) is 16.6 Å². The molecule has 31 heavy (non-hydrogen) atoms. The van der Waals surface area contributed by atoms with Gasteiger partial charge in [-0.05, 0) is 49.3 Å². The van der Waals surface area contributed by atoms with Gasteiger partial charge in [-0.3, -0.25) is 4.79 Å². The van der Waals surface area contributed by atoms with Crippen LogP contribution in [-0.4, -0.2) is 50.6 Å². The van der Waals surface area contributed by atoms with Crippen LogP contribution in [0.15, 0.2) is 12.1 Å². The summed E-state index contributed by atoms with van der Waals surface area (Å²) in [7, 11) is 0. The van der Waals surface area contributed by atoms with Gasteiger partial charge in [-0.2, -0.15) is 18.3 Å². The monoisotopic (exact) mass is 455 g/mol. The minimum Gasteiger partial charge on any atom is -0.319 e. The van der Waals surface area contributed by atoms with E-state index in [4.69, 9.17) is 11.6 Å². The van der Waals surface area contributed by atoms with E-state index < -0.39 is 23.8 Å². The van der Waals surface area contributed by atoms with Gasteiger partial charge in [0.05, 0.1) is 17.1 Å². The van der Waals surface area contributed by atoms with Crippen LogP contribution < -0.4 is 5.43 Å². The number of rotatable bonds is 3. The third-order valence-electron chi connectivity index (χ3n) is 6.30. The maximum Gasteiger partial charge on any atom is 0.433 e. The summed E-state index contributed by atoms with van der Waals surface area (Å²) in [6.45, 7) is 0.553. The lowest BCUT2D eigenvalue weighted by Gasteiger charge is -2.37. The third kappa shape index (κ3) is 3.60. The molecule has 5 rings (SSSR count). The largest absolute Gasteiger partial charge is 0.433 e. The van der Waals surface area contributed by atoms with Crippen molar-refractivity contribution >= 4 is 29.1 Å². The van der Waals surface area contributed by atoms with E-state index >= 15 is 0 Å². The zero-order valence-corrected chi connectivity index (χ0v) is 17.3. The molecule has 1 aliphatic heterocycles. The number of hydrogen-bond acceptors (Lipinski definition) is 3. The highest BCUT2D eigenvalue weighted by Crippen LogP contribution is 2.43. The second kappa shape index (κ2) is 7.29. The summed E-state index contributed by atoms with van der Waals surface area (Å²) in [5, 5.41) is 4.84. The Morgan fingerprint density at radius 2 is 1.84 bits per heavy atom. The first-order chi connectivity index (χ1) is 14.7. The lowest BCUT2D eigenvalue weighted by molar-refractivity contribution is -0.142. The fourth-order valence-corrected chi connectivity index (χ4v) is 4.77. The lowest BCUT2D eigenvalue weighted by Crippen LogP contribution is -2.61. The van der Waals surface area contributed by atoms with Gasteiger partial charge in [0.25, 0.3) is 5.91 Å². The van der Waals surface area contributed by atoms with Crippen molar-refractivity contribution in [1.82, 2.24) is 24.9 Å². The van der Waals surface area contributed by atoms with Gasteiger partial charge < -0.3 is 4.90 Å². The number of hydrogen-bond donors (Lipinski definition) is 1. The van der Waals surface area contributed by atoms with Crippen LogP contribution in [0.3, 0.4) is 0 Å². The van der Waals surface area contributed by atoms with Gasteiger partial charge in [-0.25, -0.2) is 19.7 Å². The zero-order chi connectivity index (χ0) is 21.9. The summed E-state index contributed by atoms with van der Waals surface area (Å²) >= 11 is 6.34. The number of nitrogens with one attached hydrogen (secondary N) is 1. The number of hydrazine groups is 1. The topological polar surface area (TPSA) is 70.0 Å². The molecule has 7 nitrogen and oxygen atoms in total. The van der Waals surface area contributed by atoms with Crippen LogP contribution in [0.2, 0.25) is 5.02 Å². The highest BCUT2D eigenvalue weighted by molar-refractivity contribution is 6.36. The SMILES string of the molecule is O=C(c1nn2c(C(F)(F)F)cc(C3CC3)cc2c1Cl)N1CCN(C2CCCC2)C(=O)N1. The molecule has 2 aliphatic carbocycles. The predicted octanol–water partition coefficient (Wildman–Crippen LogP) is 4.21. The van der Waals surface area contributed by atoms with Crippen molar-refractivity contribution in [1.29, 1.82) is 0 Å². The summed E-state index contributed by atoms with van der Waals surface area (Å²) in [6.07, 6.45) is 0.994. The molecular formula is C20H21ClF3N5O2. The van der Waals surface area contributed by atoms with Crippen molar-refractivity contribution in [2.75, 3.05) is 13.1 Å². The standard InChI is InChI=1S/C20H21ClF3N5O2/c21-16-14-9-12(11-5-6-11)10-15(20(22,23)24)29(14)25-17(16)18(30)28-8-7-27(19(31)26-28)13-3-1-2-4-13/h9-11,13H,1-8H2,(H,26,31). The van der Waals surface area contributed by atoms with Crippen molar-refractivity contribution in [2.24, 2.45) is 0 Å². The number of alkyl halides is 3. The van der Waals surface area contributed by atoms with Crippen LogP contribution in [0, 0.1) is 0 Å². The number of carbonyl (C=O) groups is 2. The smallest absolute Gasteiger partial charge is 0.319 e. The van der Waals surface area contributed by atoms with Gasteiger partial charge in [-0.15, -0.1) is 0 Å². The van der Waals surface area contributed by atoms with E-state index in [1.165, 1.54) is 0 Å². The Kier molecular flexibility index (Phi) is 4.80. The number of aromatic nitrogens is 2. The Labute approximate surface area is 181 Å². The van der Waals surface area contributed by atoms with Crippen LogP contribution in [0.1, 0.15) is 66.2 Å². The number of carbonyl (C=O) groups excluding carboxylic acids is 2. The summed E-state index contributed by atoms with van der Waals surface area (Å²) in [5.41, 5.74) is 1.84. The van der Waals surface area contributed by atoms with Crippen molar-refractivity contribution in [2.45, 2.75) is 56.7 Å². The number of pyridine rings is 1. The molecule has 166 valence electrons. The Hall–Kier alpha value is -2.49. The highest BCUT2D eigenvalue weighted by atomic mass is 35.5. The number of nitrogens with zero attached hydrogens (tertiary/aromatic N) is 4. The van der Waals surface area contributed by atoms with Crippen LogP contribution in [0.5, 0.6) is 0 Å². The number of fused-ring (bicyclic) bond motifs is 1. The second-order valence-corrected chi connectivity index (χ2v) is 8.79. The molecule has 2 aromatic heterocycles. The molecule has 3 amide bonds. The van der Waals surface area contributed by atoms with Gasteiger partial charge in [0.2, 0.25) is 0 Å². The number of urea groups is 1. The van der Waals surface area contributed by atoms with Crippen LogP contribution >= 0.6 is 11.6 Å². The average molecular weight is 456 g/mol. The fourth-order valence-electron chi connectivity index (χ4n) is 4.52. The summed E-state index contributed by atoms with van der Waals surface area (Å²) < 4.78 is 41.7. The molecule has 0 bridgehead atoms. The molecule has 2 saturated carbocycles. The van der Waals surface area contributed by atoms with Gasteiger partial charge in [0.1, 0.15) is 5.69 Å². The van der Waals surface area contributed by atoms with Gasteiger partial charge >= 0.3 is 12.2 Å². The quantitative estimate of drug-likeness (QED) is 0.753. The summed E-state index contributed by atoms with van der Waals surface area (Å²) in [4.78, 5) is 27.2. The maximum atomic E-state index is 13.7. The van der Waals surface area contributed by atoms with E-state index in [9.17, 15) is 22.8 Å². The highest BCUT2D eigenvalue weighted by Gasteiger charge is 2.39. The molecule has 0 unspecified atom stereocenters. The van der Waals surface area contributed by atoms with E-state index in [1.54, 1.807) is 11.0 Å². The molecule has 0 spiro atoms. The van der Waals surface area contributed by atoms with Crippen molar-refractivity contribution in [3.63, 3.8) is 0 Å². The Morgan fingerprint density at radius 1 is 1.13 bits per heavy atom. The molecule has 11 heteroatoms. The van der Waals surface area contributed by atoms with E-state index in [0.717, 1.165) is 49.6 Å². The van der Waals surface area contributed by atoms with E-state index in [2.05, 4.69) is 10.5 Å². The first-order valence-electron chi connectivity index (χ1n) is 10.4. The van der Waals surface area contributed by atoms with Gasteiger partial charge in [0.15, 0.2) is 5.69 Å². The normalized spacial score (nSPS) is 20.6. The van der Waals surface area contributed by atoms with E-state index in [-0.39, 0.29) is 34.7 Å². The predicted molar refractivity (Wildman–Crippen MR) is 106 cm³/mol. The zero-order valence-electron chi connectivity index (χ0n) is 16.6. The van der Waals surface area contributed by atoms with E-state index in [1.807, 2.05) is 0 Å². The summed E-state index contributed by atoms with van der Waals surface area (Å²) in [6, 6.07) is 2.41. The Bertz CT molecular complexity index is 1060. The van der Waals surface area contributed by atoms with Crippen molar-refractivity contribution < 1.29 is 22.8 Å². The molecule has 3 heterocycles. The van der Waals surface area contributed by atoms with Crippen LogP contribution in [0.25, 0.3) is 5.52 Å². The molecule has 1 saturated heterocycles. The first-order valence-corrected chi connectivity index (χ1v) is 10.8. The van der Waals surface area contributed by atoms with Crippen molar-refractivity contribution in [3.8, 4) is 0 Å². The first kappa shape index (κ1) is 20.4. The molecule has 0 radical (unpaired) electrons. The average Bonchev–Trinajstić information content (AvgIpc) is 3.33. The van der Waals surface area contributed by atoms with Crippen molar-refractivity contribution in [3.05, 3.63) is 34.1 Å². The second-order valence-electron chi connectivity index (χ2n) is 8.41. The number of halogens is 4. The van der Waals surface area contributed by atoms with Gasteiger partial charge in [0, 0.05) is 12.6 Å². The maximum absolute atomic E-state index is 13.7. The molecule has 0 atom stereocenters. The molecular weight excluding hydrogens is 435 g/mol. The minimum atomic E-state index is -4.65. The Balaban J connectivity index is 1.45. The Morgan fingerprint density at radius 3 is 2.45 bits per heavy atom.